The van der Waals surface area contributed by atoms with Crippen LogP contribution in [-0.2, 0) is 0 Å². The fourth-order valence-electron chi connectivity index (χ4n) is 4.19. The average molecular weight is 427 g/mol. The first-order valence-electron chi connectivity index (χ1n) is 9.90. The van der Waals surface area contributed by atoms with Crippen LogP contribution in [0.15, 0.2) is 54.6 Å². The van der Waals surface area contributed by atoms with Gasteiger partial charge in [0.15, 0.2) is 11.5 Å². The Hall–Kier alpha value is -3.23. The molecule has 2 aliphatic heterocycles. The number of aliphatic hydroxyl groups excluding tert-OH is 2. The normalized spacial score (nSPS) is 22.0. The molecule has 31 heavy (non-hydrogen) atoms. The molecule has 1 fully saturated rings. The minimum Gasteiger partial charge on any atom is -0.395 e. The Morgan fingerprint density at radius 3 is 2.45 bits per heavy atom. The van der Waals surface area contributed by atoms with Crippen molar-refractivity contribution in [1.29, 1.82) is 0 Å². The number of nitrogens with zero attached hydrogens (tertiary/aromatic N) is 1. The summed E-state index contributed by atoms with van der Waals surface area (Å²) in [6, 6.07) is 15.2. The number of carbonyl (C=O) groups is 1. The van der Waals surface area contributed by atoms with Crippen LogP contribution in [0.3, 0.4) is 0 Å². The van der Waals surface area contributed by atoms with Crippen LogP contribution >= 0.6 is 0 Å². The maximum Gasteiger partial charge on any atom is 0.586 e. The van der Waals surface area contributed by atoms with Crippen molar-refractivity contribution in [2.24, 2.45) is 0 Å². The maximum absolute atomic E-state index is 13.6. The van der Waals surface area contributed by atoms with Gasteiger partial charge in [-0.1, -0.05) is 42.5 Å². The Kier molecular flexibility index (Phi) is 4.56. The molecule has 0 aromatic heterocycles. The summed E-state index contributed by atoms with van der Waals surface area (Å²) in [5.74, 6) is -0.365. The summed E-state index contributed by atoms with van der Waals surface area (Å²) < 4.78 is 36.6. The van der Waals surface area contributed by atoms with Crippen LogP contribution in [0, 0.1) is 0 Å². The minimum atomic E-state index is -3.73. The zero-order valence-corrected chi connectivity index (χ0v) is 16.3. The molecular formula is C23H19F2NO5. The van der Waals surface area contributed by atoms with Crippen molar-refractivity contribution in [3.05, 3.63) is 60.2 Å². The fraction of sp³-hybridized carbons (Fsp3) is 0.261. The Morgan fingerprint density at radius 2 is 1.65 bits per heavy atom. The largest absolute Gasteiger partial charge is 0.586 e. The Morgan fingerprint density at radius 1 is 0.935 bits per heavy atom. The van der Waals surface area contributed by atoms with E-state index >= 15 is 0 Å². The van der Waals surface area contributed by atoms with Crippen molar-refractivity contribution in [3.8, 4) is 22.6 Å². The molecule has 2 aliphatic rings. The number of piperidine rings is 1. The van der Waals surface area contributed by atoms with Gasteiger partial charge in [-0.05, 0) is 34.9 Å². The van der Waals surface area contributed by atoms with Crippen LogP contribution in [-0.4, -0.2) is 52.6 Å². The summed E-state index contributed by atoms with van der Waals surface area (Å²) in [6.45, 7) is 0.377. The molecule has 3 aromatic rings. The van der Waals surface area contributed by atoms with E-state index in [1.165, 1.54) is 11.0 Å². The topological polar surface area (TPSA) is 79.2 Å². The molecule has 0 bridgehead atoms. The lowest BCUT2D eigenvalue weighted by atomic mass is 9.94. The van der Waals surface area contributed by atoms with Gasteiger partial charge in [0.05, 0.1) is 12.2 Å². The highest BCUT2D eigenvalue weighted by Gasteiger charge is 2.44. The average Bonchev–Trinajstić information content (AvgIpc) is 3.08. The van der Waals surface area contributed by atoms with E-state index in [0.717, 1.165) is 0 Å². The molecule has 160 valence electrons. The number of amides is 1. The van der Waals surface area contributed by atoms with Crippen LogP contribution in [0.1, 0.15) is 16.8 Å². The number of aliphatic hydroxyl groups is 2. The van der Waals surface area contributed by atoms with E-state index < -0.39 is 18.5 Å². The third kappa shape index (κ3) is 3.37. The molecule has 0 aliphatic carbocycles. The lowest BCUT2D eigenvalue weighted by molar-refractivity contribution is -0.286. The maximum atomic E-state index is 13.6. The molecular weight excluding hydrogens is 408 g/mol. The SMILES string of the molecule is O=C(c1cccc2c(-c3cccc4c3OC(F)(F)O4)cccc12)N1CC[C@H](O)[C@@H](O)C1. The molecule has 6 nitrogen and oxygen atoms in total. The van der Waals surface area contributed by atoms with Gasteiger partial charge in [-0.3, -0.25) is 4.79 Å². The van der Waals surface area contributed by atoms with Crippen molar-refractivity contribution < 1.29 is 33.3 Å². The number of alkyl halides is 2. The monoisotopic (exact) mass is 427 g/mol. The number of likely N-dealkylation sites (tertiary alicyclic amines) is 1. The van der Waals surface area contributed by atoms with E-state index in [-0.39, 0.29) is 24.0 Å². The summed E-state index contributed by atoms with van der Waals surface area (Å²) in [5, 5.41) is 21.0. The van der Waals surface area contributed by atoms with Gasteiger partial charge < -0.3 is 24.6 Å². The summed E-state index contributed by atoms with van der Waals surface area (Å²) in [6.07, 6.45) is -5.27. The number of β-amino-alcohol motifs (C(OH)–C–C–N with tert-alkyl or cyclic N) is 1. The first kappa shape index (κ1) is 19.7. The predicted octanol–water partition coefficient (Wildman–Crippen LogP) is 3.40. The first-order chi connectivity index (χ1) is 14.8. The van der Waals surface area contributed by atoms with Crippen molar-refractivity contribution in [2.75, 3.05) is 13.1 Å². The van der Waals surface area contributed by atoms with Crippen LogP contribution in [0.25, 0.3) is 21.9 Å². The number of carbonyl (C=O) groups excluding carboxylic acids is 1. The first-order valence-corrected chi connectivity index (χ1v) is 9.90. The molecule has 8 heteroatoms. The molecule has 2 N–H and O–H groups in total. The summed E-state index contributed by atoms with van der Waals surface area (Å²) in [4.78, 5) is 14.7. The van der Waals surface area contributed by atoms with Crippen LogP contribution in [0.4, 0.5) is 8.78 Å². The van der Waals surface area contributed by atoms with E-state index in [9.17, 15) is 23.8 Å². The van der Waals surface area contributed by atoms with Crippen molar-refractivity contribution >= 4 is 16.7 Å². The van der Waals surface area contributed by atoms with Crippen molar-refractivity contribution in [3.63, 3.8) is 0 Å². The van der Waals surface area contributed by atoms with Crippen LogP contribution in [0.2, 0.25) is 0 Å². The number of hydrogen-bond donors (Lipinski definition) is 2. The second kappa shape index (κ2) is 7.18. The van der Waals surface area contributed by atoms with Crippen LogP contribution in [0.5, 0.6) is 11.5 Å². The molecule has 2 atom stereocenters. The number of benzene rings is 3. The van der Waals surface area contributed by atoms with E-state index in [1.807, 2.05) is 6.07 Å². The molecule has 5 rings (SSSR count). The quantitative estimate of drug-likeness (QED) is 0.656. The Bertz CT molecular complexity index is 1180. The minimum absolute atomic E-state index is 0.0442. The number of halogens is 2. The molecule has 1 amide bonds. The fourth-order valence-corrected chi connectivity index (χ4v) is 4.19. The number of hydrogen-bond acceptors (Lipinski definition) is 5. The zero-order valence-electron chi connectivity index (χ0n) is 16.3. The molecule has 1 saturated heterocycles. The van der Waals surface area contributed by atoms with Crippen molar-refractivity contribution in [1.82, 2.24) is 4.90 Å². The number of rotatable bonds is 2. The summed E-state index contributed by atoms with van der Waals surface area (Å²) in [7, 11) is 0. The van der Waals surface area contributed by atoms with Gasteiger partial charge in [-0.15, -0.1) is 8.78 Å². The van der Waals surface area contributed by atoms with E-state index in [4.69, 9.17) is 4.74 Å². The van der Waals surface area contributed by atoms with Crippen LogP contribution < -0.4 is 9.47 Å². The second-order valence-corrected chi connectivity index (χ2v) is 7.68. The number of para-hydroxylation sites is 1. The van der Waals surface area contributed by atoms with Gasteiger partial charge >= 0.3 is 6.29 Å². The molecule has 3 aromatic carbocycles. The molecule has 0 spiro atoms. The highest BCUT2D eigenvalue weighted by molar-refractivity contribution is 6.11. The van der Waals surface area contributed by atoms with Gasteiger partial charge in [-0.2, -0.15) is 0 Å². The smallest absolute Gasteiger partial charge is 0.395 e. The lowest BCUT2D eigenvalue weighted by Gasteiger charge is -2.33. The second-order valence-electron chi connectivity index (χ2n) is 7.68. The third-order valence-electron chi connectivity index (χ3n) is 5.70. The highest BCUT2D eigenvalue weighted by Crippen LogP contribution is 2.48. The summed E-state index contributed by atoms with van der Waals surface area (Å²) >= 11 is 0. The van der Waals surface area contributed by atoms with E-state index in [0.29, 0.717) is 40.4 Å². The molecule has 0 radical (unpaired) electrons. The Labute approximate surface area is 176 Å². The van der Waals surface area contributed by atoms with Gasteiger partial charge in [0.2, 0.25) is 0 Å². The standard InChI is InChI=1S/C23H19F2NO5/c24-23(25)30-20-9-3-7-16(21(20)31-23)14-5-1-6-15-13(14)4-2-8-17(15)22(29)26-11-10-18(27)19(28)12-26/h1-9,18-19,27-28H,10-12H2/t18-,19-/m0/s1. The van der Waals surface area contributed by atoms with Crippen molar-refractivity contribution in [2.45, 2.75) is 24.9 Å². The summed E-state index contributed by atoms with van der Waals surface area (Å²) in [5.41, 5.74) is 1.49. The van der Waals surface area contributed by atoms with Gasteiger partial charge in [0.1, 0.15) is 0 Å². The molecule has 0 saturated carbocycles. The number of ether oxygens (including phenoxy) is 2. The zero-order chi connectivity index (χ0) is 21.8. The predicted molar refractivity (Wildman–Crippen MR) is 108 cm³/mol. The molecule has 2 heterocycles. The number of fused-ring (bicyclic) bond motifs is 2. The highest BCUT2D eigenvalue weighted by atomic mass is 19.3. The Balaban J connectivity index is 1.59. The van der Waals surface area contributed by atoms with E-state index in [1.54, 1.807) is 42.5 Å². The van der Waals surface area contributed by atoms with Gasteiger partial charge in [-0.25, -0.2) is 0 Å². The lowest BCUT2D eigenvalue weighted by Crippen LogP contribution is -2.49. The molecule has 0 unspecified atom stereocenters. The van der Waals surface area contributed by atoms with Gasteiger partial charge in [0, 0.05) is 24.2 Å². The van der Waals surface area contributed by atoms with Gasteiger partial charge in [0.25, 0.3) is 5.91 Å². The van der Waals surface area contributed by atoms with E-state index in [2.05, 4.69) is 4.74 Å². The third-order valence-corrected chi connectivity index (χ3v) is 5.70.